The van der Waals surface area contributed by atoms with E-state index in [1.807, 2.05) is 0 Å². The molecule has 2 saturated heterocycles. The van der Waals surface area contributed by atoms with Crippen molar-refractivity contribution in [2.45, 2.75) is 24.5 Å². The summed E-state index contributed by atoms with van der Waals surface area (Å²) in [5, 5.41) is 4.16. The molecule has 1 atom stereocenters. The molecule has 24 heavy (non-hydrogen) atoms. The average molecular weight is 329 g/mol. The number of hydrogen-bond acceptors (Lipinski definition) is 6. The Bertz CT molecular complexity index is 726. The van der Waals surface area contributed by atoms with Crippen molar-refractivity contribution in [3.8, 4) is 6.01 Å². The summed E-state index contributed by atoms with van der Waals surface area (Å²) in [4.78, 5) is 22.4. The van der Waals surface area contributed by atoms with Gasteiger partial charge >= 0.3 is 6.01 Å². The number of likely N-dealkylation sites (tertiary alicyclic amines) is 1. The molecule has 4 heterocycles. The number of aromatic nitrogens is 4. The summed E-state index contributed by atoms with van der Waals surface area (Å²) in [5.74, 6) is -0.0562. The SMILES string of the molecule is Cn1ccc(C(=O)N2CC3(CC(Oc4ncccn4)CCO3)C2)n1. The second-order valence-corrected chi connectivity index (χ2v) is 6.33. The van der Waals surface area contributed by atoms with Crippen molar-refractivity contribution in [3.63, 3.8) is 0 Å². The zero-order valence-corrected chi connectivity index (χ0v) is 13.5. The number of amides is 1. The van der Waals surface area contributed by atoms with E-state index in [0.717, 1.165) is 12.8 Å². The van der Waals surface area contributed by atoms with Crippen LogP contribution in [0.1, 0.15) is 23.3 Å². The zero-order valence-electron chi connectivity index (χ0n) is 13.5. The molecule has 2 aliphatic rings. The van der Waals surface area contributed by atoms with Crippen LogP contribution in [0.25, 0.3) is 0 Å². The Kier molecular flexibility index (Phi) is 3.68. The van der Waals surface area contributed by atoms with Crippen LogP contribution in [-0.2, 0) is 11.8 Å². The Morgan fingerprint density at radius 1 is 1.38 bits per heavy atom. The molecular weight excluding hydrogens is 310 g/mol. The van der Waals surface area contributed by atoms with Crippen LogP contribution in [0, 0.1) is 0 Å². The molecule has 0 saturated carbocycles. The second-order valence-electron chi connectivity index (χ2n) is 6.33. The first kappa shape index (κ1) is 15.1. The summed E-state index contributed by atoms with van der Waals surface area (Å²) < 4.78 is 13.4. The van der Waals surface area contributed by atoms with Crippen LogP contribution >= 0.6 is 0 Å². The second kappa shape index (κ2) is 5.86. The quantitative estimate of drug-likeness (QED) is 0.823. The van der Waals surface area contributed by atoms with Crippen LogP contribution in [0.3, 0.4) is 0 Å². The van der Waals surface area contributed by atoms with Gasteiger partial charge in [0.05, 0.1) is 19.7 Å². The van der Waals surface area contributed by atoms with E-state index >= 15 is 0 Å². The maximum absolute atomic E-state index is 12.4. The molecule has 1 unspecified atom stereocenters. The molecule has 0 bridgehead atoms. The van der Waals surface area contributed by atoms with E-state index in [-0.39, 0.29) is 17.6 Å². The van der Waals surface area contributed by atoms with E-state index in [2.05, 4.69) is 15.1 Å². The summed E-state index contributed by atoms with van der Waals surface area (Å²) in [5.41, 5.74) is 0.149. The monoisotopic (exact) mass is 329 g/mol. The van der Waals surface area contributed by atoms with Gasteiger partial charge in [0.15, 0.2) is 0 Å². The topological polar surface area (TPSA) is 82.4 Å². The summed E-state index contributed by atoms with van der Waals surface area (Å²) in [7, 11) is 1.80. The molecule has 2 aromatic heterocycles. The number of aryl methyl sites for hydroxylation is 1. The van der Waals surface area contributed by atoms with Gasteiger partial charge in [-0.3, -0.25) is 9.48 Å². The first-order valence-electron chi connectivity index (χ1n) is 8.00. The highest BCUT2D eigenvalue weighted by Crippen LogP contribution is 2.35. The van der Waals surface area contributed by atoms with Crippen LogP contribution in [0.15, 0.2) is 30.7 Å². The van der Waals surface area contributed by atoms with E-state index < -0.39 is 0 Å². The Morgan fingerprint density at radius 2 is 2.17 bits per heavy atom. The Hall–Kier alpha value is -2.48. The lowest BCUT2D eigenvalue weighted by molar-refractivity contribution is -0.174. The number of hydrogen-bond donors (Lipinski definition) is 0. The van der Waals surface area contributed by atoms with Crippen molar-refractivity contribution in [2.24, 2.45) is 7.05 Å². The molecule has 0 radical (unpaired) electrons. The molecule has 4 rings (SSSR count). The third-order valence-corrected chi connectivity index (χ3v) is 4.44. The molecule has 126 valence electrons. The third-order valence-electron chi connectivity index (χ3n) is 4.44. The Labute approximate surface area is 139 Å². The highest BCUT2D eigenvalue weighted by atomic mass is 16.5. The zero-order chi connectivity index (χ0) is 16.6. The number of nitrogens with zero attached hydrogens (tertiary/aromatic N) is 5. The summed E-state index contributed by atoms with van der Waals surface area (Å²) in [6.45, 7) is 1.75. The van der Waals surface area contributed by atoms with Crippen molar-refractivity contribution < 1.29 is 14.3 Å². The average Bonchev–Trinajstić information content (AvgIpc) is 3.00. The first-order valence-corrected chi connectivity index (χ1v) is 8.00. The fraction of sp³-hybridized carbons (Fsp3) is 0.500. The van der Waals surface area contributed by atoms with Crippen LogP contribution in [-0.4, -0.2) is 62.0 Å². The minimum absolute atomic E-state index is 0.00764. The maximum atomic E-state index is 12.4. The van der Waals surface area contributed by atoms with Crippen molar-refractivity contribution >= 4 is 5.91 Å². The molecule has 1 amide bonds. The molecule has 8 nitrogen and oxygen atoms in total. The maximum Gasteiger partial charge on any atom is 0.316 e. The number of carbonyl (C=O) groups excluding carboxylic acids is 1. The van der Waals surface area contributed by atoms with E-state index in [9.17, 15) is 4.79 Å². The number of rotatable bonds is 3. The standard InChI is InChI=1S/C16H19N5O3/c1-20-7-3-13(19-20)14(22)21-10-16(11-21)9-12(4-8-23-16)24-15-17-5-2-6-18-15/h2-3,5-7,12H,4,8-11H2,1H3. The number of ether oxygens (including phenoxy) is 2. The molecular formula is C16H19N5O3. The normalized spacial score (nSPS) is 22.2. The number of carbonyl (C=O) groups is 1. The predicted octanol–water partition coefficient (Wildman–Crippen LogP) is 0.663. The third kappa shape index (κ3) is 2.84. The van der Waals surface area contributed by atoms with Crippen molar-refractivity contribution in [3.05, 3.63) is 36.4 Å². The van der Waals surface area contributed by atoms with E-state index in [0.29, 0.717) is 31.4 Å². The fourth-order valence-corrected chi connectivity index (χ4v) is 3.28. The van der Waals surface area contributed by atoms with Gasteiger partial charge in [-0.1, -0.05) is 0 Å². The first-order chi connectivity index (χ1) is 11.6. The molecule has 0 aliphatic carbocycles. The molecule has 1 spiro atoms. The van der Waals surface area contributed by atoms with E-state index in [1.165, 1.54) is 0 Å². The van der Waals surface area contributed by atoms with Crippen molar-refractivity contribution in [1.29, 1.82) is 0 Å². The van der Waals surface area contributed by atoms with Crippen LogP contribution in [0.4, 0.5) is 0 Å². The molecule has 0 aromatic carbocycles. The van der Waals surface area contributed by atoms with Crippen molar-refractivity contribution in [1.82, 2.24) is 24.6 Å². The smallest absolute Gasteiger partial charge is 0.316 e. The molecule has 2 aliphatic heterocycles. The molecule has 0 N–H and O–H groups in total. The van der Waals surface area contributed by atoms with Crippen LogP contribution in [0.2, 0.25) is 0 Å². The largest absolute Gasteiger partial charge is 0.460 e. The minimum Gasteiger partial charge on any atom is -0.460 e. The van der Waals surface area contributed by atoms with E-state index in [1.54, 1.807) is 47.4 Å². The minimum atomic E-state index is -0.317. The molecule has 2 aromatic rings. The van der Waals surface area contributed by atoms with Gasteiger partial charge in [0.25, 0.3) is 5.91 Å². The van der Waals surface area contributed by atoms with Gasteiger partial charge < -0.3 is 14.4 Å². The highest BCUT2D eigenvalue weighted by molar-refractivity contribution is 5.93. The van der Waals surface area contributed by atoms with Crippen molar-refractivity contribution in [2.75, 3.05) is 19.7 Å². The van der Waals surface area contributed by atoms with Crippen LogP contribution in [0.5, 0.6) is 6.01 Å². The van der Waals surface area contributed by atoms with E-state index in [4.69, 9.17) is 9.47 Å². The van der Waals surface area contributed by atoms with Gasteiger partial charge in [-0.05, 0) is 12.1 Å². The predicted molar refractivity (Wildman–Crippen MR) is 83.5 cm³/mol. The summed E-state index contributed by atoms with van der Waals surface area (Å²) in [6, 6.07) is 3.87. The Morgan fingerprint density at radius 3 is 2.88 bits per heavy atom. The summed E-state index contributed by atoms with van der Waals surface area (Å²) in [6.07, 6.45) is 6.63. The molecule has 8 heteroatoms. The highest BCUT2D eigenvalue weighted by Gasteiger charge is 2.50. The van der Waals surface area contributed by atoms with Gasteiger partial charge in [-0.15, -0.1) is 0 Å². The van der Waals surface area contributed by atoms with Crippen LogP contribution < -0.4 is 4.74 Å². The lowest BCUT2D eigenvalue weighted by Crippen LogP contribution is -2.67. The lowest BCUT2D eigenvalue weighted by Gasteiger charge is -2.52. The van der Waals surface area contributed by atoms with Gasteiger partial charge in [0.1, 0.15) is 17.4 Å². The van der Waals surface area contributed by atoms with Gasteiger partial charge in [-0.25, -0.2) is 9.97 Å². The summed E-state index contributed by atoms with van der Waals surface area (Å²) >= 11 is 0. The fourth-order valence-electron chi connectivity index (χ4n) is 3.28. The van der Waals surface area contributed by atoms with Gasteiger partial charge in [0.2, 0.25) is 0 Å². The lowest BCUT2D eigenvalue weighted by atomic mass is 9.84. The Balaban J connectivity index is 1.36. The van der Waals surface area contributed by atoms with Gasteiger partial charge in [0, 0.05) is 38.5 Å². The molecule has 2 fully saturated rings. The van der Waals surface area contributed by atoms with Gasteiger partial charge in [-0.2, -0.15) is 5.10 Å².